The maximum Gasteiger partial charge on any atom is 0.273 e. The van der Waals surface area contributed by atoms with Gasteiger partial charge in [-0.2, -0.15) is 0 Å². The van der Waals surface area contributed by atoms with Gasteiger partial charge in [-0.15, -0.1) is 17.5 Å². The fourth-order valence-corrected chi connectivity index (χ4v) is 3.63. The molecule has 2 bridgehead atoms. The van der Waals surface area contributed by atoms with Crippen LogP contribution in [-0.4, -0.2) is 39.0 Å². The second-order valence-electron chi connectivity index (χ2n) is 6.66. The van der Waals surface area contributed by atoms with Crippen molar-refractivity contribution < 1.29 is 4.79 Å². The van der Waals surface area contributed by atoms with Crippen LogP contribution in [0.3, 0.4) is 0 Å². The summed E-state index contributed by atoms with van der Waals surface area (Å²) >= 11 is 0. The van der Waals surface area contributed by atoms with Crippen LogP contribution < -0.4 is 10.6 Å². The van der Waals surface area contributed by atoms with Crippen LogP contribution in [0, 0.1) is 6.92 Å². The molecule has 2 N–H and O–H groups in total. The second-order valence-corrected chi connectivity index (χ2v) is 6.66. The highest BCUT2D eigenvalue weighted by atomic mass is 35.5. The molecule has 1 amide bonds. The normalized spacial score (nSPS) is 25.1. The van der Waals surface area contributed by atoms with Crippen molar-refractivity contribution in [3.05, 3.63) is 41.7 Å². The lowest BCUT2D eigenvalue weighted by Crippen LogP contribution is -2.48. The molecule has 6 nitrogen and oxygen atoms in total. The van der Waals surface area contributed by atoms with E-state index in [9.17, 15) is 4.79 Å². The summed E-state index contributed by atoms with van der Waals surface area (Å²) in [6.45, 7) is 2.04. The van der Waals surface area contributed by atoms with Gasteiger partial charge in [0.25, 0.3) is 5.91 Å². The molecule has 7 heteroatoms. The maximum atomic E-state index is 12.4. The van der Waals surface area contributed by atoms with Crippen LogP contribution in [0.4, 0.5) is 0 Å². The fraction of sp³-hybridized carbons (Fsp3) is 0.471. The number of aromatic nitrogens is 3. The van der Waals surface area contributed by atoms with Crippen LogP contribution in [0.1, 0.15) is 41.7 Å². The van der Waals surface area contributed by atoms with Gasteiger partial charge in [-0.3, -0.25) is 4.79 Å². The molecule has 128 valence electrons. The Kier molecular flexibility index (Phi) is 4.87. The van der Waals surface area contributed by atoms with Crippen LogP contribution in [0.25, 0.3) is 5.69 Å². The number of piperidine rings is 1. The Balaban J connectivity index is 0.00000169. The van der Waals surface area contributed by atoms with E-state index in [-0.39, 0.29) is 24.4 Å². The third-order valence-electron chi connectivity index (χ3n) is 4.83. The largest absolute Gasteiger partial charge is 0.348 e. The van der Waals surface area contributed by atoms with Crippen LogP contribution in [0.5, 0.6) is 0 Å². The smallest absolute Gasteiger partial charge is 0.273 e. The average Bonchev–Trinajstić information content (AvgIpc) is 3.15. The maximum absolute atomic E-state index is 12.4. The summed E-state index contributed by atoms with van der Waals surface area (Å²) in [5, 5.41) is 14.8. The number of hydrogen-bond acceptors (Lipinski definition) is 4. The molecule has 2 atom stereocenters. The first kappa shape index (κ1) is 16.9. The molecule has 2 unspecified atom stereocenters. The van der Waals surface area contributed by atoms with Crippen molar-refractivity contribution in [3.63, 3.8) is 0 Å². The quantitative estimate of drug-likeness (QED) is 0.891. The summed E-state index contributed by atoms with van der Waals surface area (Å²) in [5.74, 6) is -0.130. The molecule has 2 aliphatic rings. The van der Waals surface area contributed by atoms with E-state index in [1.165, 1.54) is 18.4 Å². The zero-order chi connectivity index (χ0) is 15.8. The number of halogens is 1. The van der Waals surface area contributed by atoms with Gasteiger partial charge in [-0.25, -0.2) is 4.68 Å². The summed E-state index contributed by atoms with van der Waals surface area (Å²) in [7, 11) is 0. The van der Waals surface area contributed by atoms with Gasteiger partial charge in [0.1, 0.15) is 0 Å². The van der Waals surface area contributed by atoms with E-state index in [0.717, 1.165) is 18.5 Å². The number of nitrogens with zero attached hydrogens (tertiary/aromatic N) is 3. The van der Waals surface area contributed by atoms with Crippen LogP contribution in [-0.2, 0) is 0 Å². The lowest BCUT2D eigenvalue weighted by Gasteiger charge is -2.29. The molecule has 0 saturated carbocycles. The minimum absolute atomic E-state index is 0. The SMILES string of the molecule is Cc1ccc(-n2cc(C(=O)NC3CC4CCC(C3)N4)nn2)cc1.Cl. The number of carbonyl (C=O) groups excluding carboxylic acids is 1. The Morgan fingerprint density at radius 1 is 1.21 bits per heavy atom. The molecule has 3 heterocycles. The van der Waals surface area contributed by atoms with Gasteiger partial charge >= 0.3 is 0 Å². The number of benzene rings is 1. The van der Waals surface area contributed by atoms with Gasteiger partial charge in [0, 0.05) is 18.1 Å². The third kappa shape index (κ3) is 3.44. The molecule has 0 spiro atoms. The summed E-state index contributed by atoms with van der Waals surface area (Å²) in [6, 6.07) is 9.32. The zero-order valence-electron chi connectivity index (χ0n) is 13.6. The van der Waals surface area contributed by atoms with Gasteiger partial charge in [-0.1, -0.05) is 22.9 Å². The molecular formula is C17H22ClN5O. The van der Waals surface area contributed by atoms with E-state index >= 15 is 0 Å². The van der Waals surface area contributed by atoms with Crippen molar-refractivity contribution >= 4 is 18.3 Å². The minimum atomic E-state index is -0.130. The highest BCUT2D eigenvalue weighted by Crippen LogP contribution is 2.26. The fourth-order valence-electron chi connectivity index (χ4n) is 3.63. The van der Waals surface area contributed by atoms with Crippen molar-refractivity contribution in [3.8, 4) is 5.69 Å². The van der Waals surface area contributed by atoms with Gasteiger partial charge in [0.05, 0.1) is 11.9 Å². The van der Waals surface area contributed by atoms with Crippen molar-refractivity contribution in [1.29, 1.82) is 0 Å². The Labute approximate surface area is 147 Å². The summed E-state index contributed by atoms with van der Waals surface area (Å²) in [6.07, 6.45) is 6.15. The van der Waals surface area contributed by atoms with Crippen molar-refractivity contribution in [1.82, 2.24) is 25.6 Å². The highest BCUT2D eigenvalue weighted by molar-refractivity contribution is 5.92. The average molecular weight is 348 g/mol. The first-order valence-electron chi connectivity index (χ1n) is 8.24. The summed E-state index contributed by atoms with van der Waals surface area (Å²) < 4.78 is 1.64. The van der Waals surface area contributed by atoms with Crippen molar-refractivity contribution in [2.75, 3.05) is 0 Å². The van der Waals surface area contributed by atoms with E-state index in [4.69, 9.17) is 0 Å². The van der Waals surface area contributed by atoms with Gasteiger partial charge in [0.15, 0.2) is 5.69 Å². The summed E-state index contributed by atoms with van der Waals surface area (Å²) in [4.78, 5) is 12.4. The molecular weight excluding hydrogens is 326 g/mol. The highest BCUT2D eigenvalue weighted by Gasteiger charge is 2.34. The number of nitrogens with one attached hydrogen (secondary N) is 2. The molecule has 1 aromatic heterocycles. The van der Waals surface area contributed by atoms with E-state index in [0.29, 0.717) is 17.8 Å². The van der Waals surface area contributed by atoms with E-state index < -0.39 is 0 Å². The van der Waals surface area contributed by atoms with E-state index in [1.807, 2.05) is 31.2 Å². The molecule has 2 fully saturated rings. The Hall–Kier alpha value is -1.92. The Morgan fingerprint density at radius 3 is 2.54 bits per heavy atom. The third-order valence-corrected chi connectivity index (χ3v) is 4.83. The lowest BCUT2D eigenvalue weighted by molar-refractivity contribution is 0.0919. The second kappa shape index (κ2) is 6.91. The monoisotopic (exact) mass is 347 g/mol. The number of amides is 1. The number of rotatable bonds is 3. The lowest BCUT2D eigenvalue weighted by atomic mass is 10.00. The number of hydrogen-bond donors (Lipinski definition) is 2. The van der Waals surface area contributed by atoms with Crippen LogP contribution in [0.2, 0.25) is 0 Å². The molecule has 4 rings (SSSR count). The Morgan fingerprint density at radius 2 is 1.88 bits per heavy atom. The molecule has 24 heavy (non-hydrogen) atoms. The topological polar surface area (TPSA) is 71.8 Å². The number of fused-ring (bicyclic) bond motifs is 2. The standard InChI is InChI=1S/C17H21N5O.ClH/c1-11-2-6-15(7-3-11)22-10-16(20-21-22)17(23)19-14-8-12-4-5-13(9-14)18-12;/h2-3,6-7,10,12-14,18H,4-5,8-9H2,1H3,(H,19,23);1H. The van der Waals surface area contributed by atoms with Gasteiger partial charge in [0.2, 0.25) is 0 Å². The van der Waals surface area contributed by atoms with Gasteiger partial charge < -0.3 is 10.6 Å². The molecule has 2 aliphatic heterocycles. The molecule has 2 aromatic rings. The Bertz CT molecular complexity index is 702. The number of carbonyl (C=O) groups is 1. The minimum Gasteiger partial charge on any atom is -0.348 e. The molecule has 2 saturated heterocycles. The molecule has 0 aliphatic carbocycles. The zero-order valence-corrected chi connectivity index (χ0v) is 14.4. The van der Waals surface area contributed by atoms with E-state index in [2.05, 4.69) is 20.9 Å². The number of aryl methyl sites for hydroxylation is 1. The molecule has 0 radical (unpaired) electrons. The molecule has 1 aromatic carbocycles. The van der Waals surface area contributed by atoms with E-state index in [1.54, 1.807) is 10.9 Å². The summed E-state index contributed by atoms with van der Waals surface area (Å²) in [5.41, 5.74) is 2.46. The van der Waals surface area contributed by atoms with Crippen molar-refractivity contribution in [2.45, 2.75) is 50.7 Å². The first-order valence-corrected chi connectivity index (χ1v) is 8.24. The van der Waals surface area contributed by atoms with Crippen LogP contribution >= 0.6 is 12.4 Å². The first-order chi connectivity index (χ1) is 11.2. The van der Waals surface area contributed by atoms with Crippen LogP contribution in [0.15, 0.2) is 30.5 Å². The predicted molar refractivity (Wildman–Crippen MR) is 93.8 cm³/mol. The van der Waals surface area contributed by atoms with Gasteiger partial charge in [-0.05, 0) is 44.7 Å². The predicted octanol–water partition coefficient (Wildman–Crippen LogP) is 2.01. The van der Waals surface area contributed by atoms with Crippen molar-refractivity contribution in [2.24, 2.45) is 0 Å².